The minimum absolute atomic E-state index is 0.0702. The lowest BCUT2D eigenvalue weighted by molar-refractivity contribution is -0.139. The molecule has 0 aliphatic heterocycles. The summed E-state index contributed by atoms with van der Waals surface area (Å²) in [5.74, 6) is -0.567. The molecule has 0 radical (unpaired) electrons. The molecule has 0 saturated carbocycles. The van der Waals surface area contributed by atoms with E-state index in [-0.39, 0.29) is 23.3 Å². The van der Waals surface area contributed by atoms with Crippen LogP contribution >= 0.6 is 11.6 Å². The molecule has 3 aromatic carbocycles. The number of nitrogens with one attached hydrogen (secondary N) is 1. The molecule has 1 N–H and O–H groups in total. The Kier molecular flexibility index (Phi) is 10.5. The van der Waals surface area contributed by atoms with Crippen LogP contribution in [-0.2, 0) is 26.2 Å². The van der Waals surface area contributed by atoms with E-state index in [1.54, 1.807) is 55.5 Å². The van der Waals surface area contributed by atoms with E-state index in [9.17, 15) is 18.0 Å². The number of amides is 2. The quantitative estimate of drug-likeness (QED) is 0.307. The maximum Gasteiger partial charge on any atom is 0.264 e. The highest BCUT2D eigenvalue weighted by Gasteiger charge is 2.32. The van der Waals surface area contributed by atoms with E-state index in [0.29, 0.717) is 17.3 Å². The van der Waals surface area contributed by atoms with Crippen LogP contribution in [0.15, 0.2) is 83.8 Å². The molecule has 0 aliphatic carbocycles. The first-order valence-corrected chi connectivity index (χ1v) is 14.9. The summed E-state index contributed by atoms with van der Waals surface area (Å²) >= 11 is 6.18. The molecule has 0 saturated heterocycles. The number of hydrogen-bond donors (Lipinski definition) is 1. The topological polar surface area (TPSA) is 86.8 Å². The van der Waals surface area contributed by atoms with Gasteiger partial charge >= 0.3 is 0 Å². The van der Waals surface area contributed by atoms with Crippen LogP contribution in [-0.4, -0.2) is 44.3 Å². The van der Waals surface area contributed by atoms with Crippen LogP contribution in [0.1, 0.15) is 51.2 Å². The first kappa shape index (κ1) is 30.2. The molecule has 0 fully saturated rings. The lowest BCUT2D eigenvalue weighted by atomic mass is 10.0. The number of halogens is 1. The molecule has 2 amide bonds. The third kappa shape index (κ3) is 7.83. The molecule has 1 atom stereocenters. The van der Waals surface area contributed by atoms with Crippen molar-refractivity contribution in [3.8, 4) is 0 Å². The number of hydrogen-bond acceptors (Lipinski definition) is 4. The van der Waals surface area contributed by atoms with Crippen molar-refractivity contribution in [2.24, 2.45) is 0 Å². The lowest BCUT2D eigenvalue weighted by Crippen LogP contribution is -2.51. The fourth-order valence-corrected chi connectivity index (χ4v) is 5.73. The van der Waals surface area contributed by atoms with E-state index in [1.165, 1.54) is 17.0 Å². The van der Waals surface area contributed by atoms with Crippen molar-refractivity contribution in [1.82, 2.24) is 10.2 Å². The van der Waals surface area contributed by atoms with Gasteiger partial charge in [0.15, 0.2) is 0 Å². The van der Waals surface area contributed by atoms with Gasteiger partial charge in [-0.2, -0.15) is 0 Å². The molecule has 0 aromatic heterocycles. The second-order valence-electron chi connectivity index (χ2n) is 9.69. The van der Waals surface area contributed by atoms with Crippen molar-refractivity contribution in [1.29, 1.82) is 0 Å². The van der Waals surface area contributed by atoms with Gasteiger partial charge in [-0.3, -0.25) is 13.9 Å². The summed E-state index contributed by atoms with van der Waals surface area (Å²) in [5.41, 5.74) is 2.14. The van der Waals surface area contributed by atoms with Crippen LogP contribution in [0.2, 0.25) is 5.02 Å². The number of anilines is 1. The van der Waals surface area contributed by atoms with Gasteiger partial charge in [-0.25, -0.2) is 8.42 Å². The number of sulfonamides is 1. The van der Waals surface area contributed by atoms with Crippen LogP contribution in [0.5, 0.6) is 0 Å². The van der Waals surface area contributed by atoms with Gasteiger partial charge in [-0.05, 0) is 66.8 Å². The number of benzene rings is 3. The van der Waals surface area contributed by atoms with Gasteiger partial charge < -0.3 is 10.2 Å². The van der Waals surface area contributed by atoms with Crippen molar-refractivity contribution in [2.75, 3.05) is 17.4 Å². The molecule has 0 aliphatic rings. The Bertz CT molecular complexity index is 1360. The fourth-order valence-electron chi connectivity index (χ4n) is 4.08. The Labute approximate surface area is 236 Å². The average Bonchev–Trinajstić information content (AvgIpc) is 2.93. The normalized spacial score (nSPS) is 12.2. The zero-order valence-electron chi connectivity index (χ0n) is 22.8. The average molecular weight is 570 g/mol. The Morgan fingerprint density at radius 3 is 2.18 bits per heavy atom. The van der Waals surface area contributed by atoms with Gasteiger partial charge in [0.1, 0.15) is 12.6 Å². The van der Waals surface area contributed by atoms with E-state index in [2.05, 4.69) is 19.2 Å². The summed E-state index contributed by atoms with van der Waals surface area (Å²) in [6.07, 6.45) is 0.746. The highest BCUT2D eigenvalue weighted by molar-refractivity contribution is 7.92. The molecule has 9 heteroatoms. The second-order valence-corrected chi connectivity index (χ2v) is 12.0. The van der Waals surface area contributed by atoms with Crippen LogP contribution < -0.4 is 9.62 Å². The van der Waals surface area contributed by atoms with Crippen molar-refractivity contribution in [3.63, 3.8) is 0 Å². The zero-order chi connectivity index (χ0) is 28.6. The number of carbonyl (C=O) groups excluding carboxylic acids is 2. The van der Waals surface area contributed by atoms with Gasteiger partial charge in [-0.1, -0.05) is 74.8 Å². The van der Waals surface area contributed by atoms with Crippen LogP contribution in [0, 0.1) is 0 Å². The molecular formula is C30H36ClN3O4S. The second kappa shape index (κ2) is 13.6. The smallest absolute Gasteiger partial charge is 0.264 e. The first-order valence-electron chi connectivity index (χ1n) is 13.0. The molecule has 3 aromatic rings. The molecule has 0 bridgehead atoms. The summed E-state index contributed by atoms with van der Waals surface area (Å²) in [6, 6.07) is 21.3. The summed E-state index contributed by atoms with van der Waals surface area (Å²) < 4.78 is 28.7. The zero-order valence-corrected chi connectivity index (χ0v) is 24.4. The first-order chi connectivity index (χ1) is 18.5. The van der Waals surface area contributed by atoms with E-state index < -0.39 is 28.5 Å². The van der Waals surface area contributed by atoms with Gasteiger partial charge in [0.25, 0.3) is 10.0 Å². The van der Waals surface area contributed by atoms with Crippen molar-refractivity contribution >= 4 is 39.1 Å². The minimum Gasteiger partial charge on any atom is -0.354 e. The molecule has 3 rings (SSSR count). The fraction of sp³-hybridized carbons (Fsp3) is 0.333. The number of nitrogens with zero attached hydrogens (tertiary/aromatic N) is 2. The largest absolute Gasteiger partial charge is 0.354 e. The summed E-state index contributed by atoms with van der Waals surface area (Å²) in [5, 5.41) is 3.33. The predicted molar refractivity (Wildman–Crippen MR) is 156 cm³/mol. The van der Waals surface area contributed by atoms with Crippen LogP contribution in [0.3, 0.4) is 0 Å². The standard InChI is InChI=1S/C30H36ClN3O4S/c1-5-18-32-30(36)23(4)33(20-24-10-9-11-26(31)19-24)29(35)21-34(27-16-14-25(15-17-27)22(2)3)39(37,38)28-12-7-6-8-13-28/h6-17,19,22-23H,5,18,20-21H2,1-4H3,(H,32,36)/t23-/m1/s1. The summed E-state index contributed by atoms with van der Waals surface area (Å²) in [4.78, 5) is 28.3. The number of rotatable bonds is 12. The lowest BCUT2D eigenvalue weighted by Gasteiger charge is -2.32. The third-order valence-electron chi connectivity index (χ3n) is 6.42. The van der Waals surface area contributed by atoms with E-state index in [1.807, 2.05) is 25.1 Å². The molecule has 0 spiro atoms. The maximum atomic E-state index is 13.9. The van der Waals surface area contributed by atoms with Gasteiger partial charge in [0, 0.05) is 18.1 Å². The van der Waals surface area contributed by atoms with Crippen molar-refractivity contribution < 1.29 is 18.0 Å². The van der Waals surface area contributed by atoms with Crippen LogP contribution in [0.4, 0.5) is 5.69 Å². The minimum atomic E-state index is -4.09. The SMILES string of the molecule is CCCNC(=O)[C@@H](C)N(Cc1cccc(Cl)c1)C(=O)CN(c1ccc(C(C)C)cc1)S(=O)(=O)c1ccccc1. The maximum absolute atomic E-state index is 13.9. The molecule has 39 heavy (non-hydrogen) atoms. The van der Waals surface area contributed by atoms with E-state index in [0.717, 1.165) is 21.9 Å². The Morgan fingerprint density at radius 1 is 0.923 bits per heavy atom. The molecular weight excluding hydrogens is 534 g/mol. The summed E-state index contributed by atoms with van der Waals surface area (Å²) in [6.45, 7) is 7.76. The molecule has 7 nitrogen and oxygen atoms in total. The molecule has 0 heterocycles. The Hall–Kier alpha value is -3.36. The monoisotopic (exact) mass is 569 g/mol. The van der Waals surface area contributed by atoms with E-state index >= 15 is 0 Å². The summed E-state index contributed by atoms with van der Waals surface area (Å²) in [7, 11) is -4.09. The van der Waals surface area contributed by atoms with Crippen LogP contribution in [0.25, 0.3) is 0 Å². The Balaban J connectivity index is 2.02. The van der Waals surface area contributed by atoms with E-state index in [4.69, 9.17) is 11.6 Å². The predicted octanol–water partition coefficient (Wildman–Crippen LogP) is 5.60. The van der Waals surface area contributed by atoms with Gasteiger partial charge in [0.05, 0.1) is 10.6 Å². The van der Waals surface area contributed by atoms with Gasteiger partial charge in [0.2, 0.25) is 11.8 Å². The van der Waals surface area contributed by atoms with Crippen molar-refractivity contribution in [3.05, 3.63) is 95.0 Å². The number of carbonyl (C=O) groups is 2. The highest BCUT2D eigenvalue weighted by Crippen LogP contribution is 2.26. The highest BCUT2D eigenvalue weighted by atomic mass is 35.5. The Morgan fingerprint density at radius 2 is 1.59 bits per heavy atom. The molecule has 0 unspecified atom stereocenters. The molecule has 208 valence electrons. The van der Waals surface area contributed by atoms with Crippen molar-refractivity contribution in [2.45, 2.75) is 57.5 Å². The third-order valence-corrected chi connectivity index (χ3v) is 8.44. The van der Waals surface area contributed by atoms with Gasteiger partial charge in [-0.15, -0.1) is 0 Å².